The minimum atomic E-state index is -0.321. The molecule has 2 rings (SSSR count). The smallest absolute Gasteiger partial charge is 0.243 e. The first kappa shape index (κ1) is 16.3. The van der Waals surface area contributed by atoms with Crippen LogP contribution in [0.15, 0.2) is 12.4 Å². The van der Waals surface area contributed by atoms with Crippen molar-refractivity contribution in [3.63, 3.8) is 0 Å². The third-order valence-corrected chi connectivity index (χ3v) is 3.68. The zero-order valence-electron chi connectivity index (χ0n) is 13.4. The average molecular weight is 304 g/mol. The van der Waals surface area contributed by atoms with Crippen LogP contribution >= 0.6 is 0 Å². The Bertz CT molecular complexity index is 575. The van der Waals surface area contributed by atoms with E-state index >= 15 is 0 Å². The van der Waals surface area contributed by atoms with Crippen molar-refractivity contribution in [1.29, 1.82) is 0 Å². The van der Waals surface area contributed by atoms with Gasteiger partial charge in [-0.2, -0.15) is 9.36 Å². The van der Waals surface area contributed by atoms with Crippen LogP contribution in [0.3, 0.4) is 0 Å². The zero-order valence-corrected chi connectivity index (χ0v) is 13.4. The lowest BCUT2D eigenvalue weighted by atomic mass is 10.1. The summed E-state index contributed by atoms with van der Waals surface area (Å²) in [4.78, 5) is 12.4. The molecule has 0 N–H and O–H groups in total. The van der Waals surface area contributed by atoms with Gasteiger partial charge in [-0.3, -0.25) is 0 Å². The van der Waals surface area contributed by atoms with Crippen LogP contribution in [0.25, 0.3) is 0 Å². The molecule has 2 heterocycles. The Morgan fingerprint density at radius 2 is 1.77 bits per heavy atom. The summed E-state index contributed by atoms with van der Waals surface area (Å²) in [5, 5.41) is 15.7. The molecule has 120 valence electrons. The van der Waals surface area contributed by atoms with E-state index < -0.39 is 0 Å². The predicted octanol–water partition coefficient (Wildman–Crippen LogP) is 2.85. The van der Waals surface area contributed by atoms with Crippen molar-refractivity contribution in [2.75, 3.05) is 0 Å². The third kappa shape index (κ3) is 3.99. The zero-order chi connectivity index (χ0) is 15.8. The molecule has 0 spiro atoms. The van der Waals surface area contributed by atoms with E-state index in [1.807, 2.05) is 0 Å². The van der Waals surface area contributed by atoms with Crippen molar-refractivity contribution in [3.05, 3.63) is 23.8 Å². The lowest BCUT2D eigenvalue weighted by molar-refractivity contribution is 0.236. The van der Waals surface area contributed by atoms with Crippen LogP contribution in [0.1, 0.15) is 63.8 Å². The van der Waals surface area contributed by atoms with Gasteiger partial charge in [0.15, 0.2) is 0 Å². The maximum atomic E-state index is 12.4. The fourth-order valence-corrected chi connectivity index (χ4v) is 2.42. The van der Waals surface area contributed by atoms with E-state index in [1.54, 1.807) is 0 Å². The molecule has 7 nitrogen and oxygen atoms in total. The highest BCUT2D eigenvalue weighted by atomic mass is 16.2. The third-order valence-electron chi connectivity index (χ3n) is 3.68. The lowest BCUT2D eigenvalue weighted by Gasteiger charge is -2.06. The van der Waals surface area contributed by atoms with Gasteiger partial charge in [0.1, 0.15) is 0 Å². The summed E-state index contributed by atoms with van der Waals surface area (Å²) in [5.74, 6) is 0. The first-order chi connectivity index (χ1) is 10.8. The summed E-state index contributed by atoms with van der Waals surface area (Å²) in [7, 11) is 0. The molecule has 0 atom stereocenters. The molecule has 0 saturated heterocycles. The maximum absolute atomic E-state index is 12.4. The van der Waals surface area contributed by atoms with E-state index in [9.17, 15) is 4.79 Å². The molecule has 2 aromatic heterocycles. The molecule has 2 aromatic rings. The number of rotatable bonds is 8. The molecule has 0 fully saturated rings. The Labute approximate surface area is 130 Å². The van der Waals surface area contributed by atoms with Gasteiger partial charge in [0.2, 0.25) is 0 Å². The van der Waals surface area contributed by atoms with Gasteiger partial charge < -0.3 is 0 Å². The van der Waals surface area contributed by atoms with Crippen LogP contribution in [-0.2, 0) is 12.8 Å². The largest absolute Gasteiger partial charge is 0.372 e. The number of carbonyl (C=O) groups excluding carboxylic acids is 1. The summed E-state index contributed by atoms with van der Waals surface area (Å²) in [6, 6.07) is -0.321. The Morgan fingerprint density at radius 1 is 1.05 bits per heavy atom. The van der Waals surface area contributed by atoms with E-state index in [-0.39, 0.29) is 6.03 Å². The normalized spacial score (nSPS) is 11.0. The highest BCUT2D eigenvalue weighted by molar-refractivity contribution is 5.77. The van der Waals surface area contributed by atoms with Gasteiger partial charge in [-0.1, -0.05) is 50.0 Å². The Kier molecular flexibility index (Phi) is 6.24. The van der Waals surface area contributed by atoms with Crippen molar-refractivity contribution >= 4 is 6.03 Å². The van der Waals surface area contributed by atoms with Crippen LogP contribution in [0.5, 0.6) is 0 Å². The van der Waals surface area contributed by atoms with Crippen molar-refractivity contribution < 1.29 is 4.79 Å². The first-order valence-electron chi connectivity index (χ1n) is 8.12. The van der Waals surface area contributed by atoms with Gasteiger partial charge in [-0.05, 0) is 25.7 Å². The molecule has 0 amide bonds. The summed E-state index contributed by atoms with van der Waals surface area (Å²) in [5.41, 5.74) is 1.86. The number of carbonyl (C=O) groups is 1. The van der Waals surface area contributed by atoms with Crippen LogP contribution in [0.4, 0.5) is 4.79 Å². The molecular formula is C15H24N6O. The molecule has 22 heavy (non-hydrogen) atoms. The number of hydrogen-bond acceptors (Lipinski definition) is 5. The molecule has 0 aliphatic rings. The summed E-state index contributed by atoms with van der Waals surface area (Å²) in [6.45, 7) is 4.34. The fourth-order valence-electron chi connectivity index (χ4n) is 2.42. The van der Waals surface area contributed by atoms with E-state index in [4.69, 9.17) is 0 Å². The minimum absolute atomic E-state index is 0.321. The average Bonchev–Trinajstić information content (AvgIpc) is 3.17. The monoisotopic (exact) mass is 304 g/mol. The molecular weight excluding hydrogens is 280 g/mol. The Hall–Kier alpha value is -2.05. The second-order valence-corrected chi connectivity index (χ2v) is 5.44. The van der Waals surface area contributed by atoms with Crippen LogP contribution in [-0.4, -0.2) is 36.0 Å². The van der Waals surface area contributed by atoms with Crippen molar-refractivity contribution in [2.24, 2.45) is 0 Å². The topological polar surface area (TPSA) is 78.5 Å². The Balaban J connectivity index is 2.18. The predicted molar refractivity (Wildman–Crippen MR) is 82.7 cm³/mol. The van der Waals surface area contributed by atoms with Gasteiger partial charge in [0, 0.05) is 0 Å². The molecule has 0 aromatic carbocycles. The highest BCUT2D eigenvalue weighted by Gasteiger charge is 2.19. The number of nitrogens with zero attached hydrogens (tertiary/aromatic N) is 6. The summed E-state index contributed by atoms with van der Waals surface area (Å²) in [6.07, 6.45) is 11.4. The van der Waals surface area contributed by atoms with Crippen LogP contribution in [0.2, 0.25) is 0 Å². The van der Waals surface area contributed by atoms with E-state index in [1.165, 1.54) is 21.8 Å². The molecule has 0 aliphatic heterocycles. The van der Waals surface area contributed by atoms with Crippen molar-refractivity contribution in [1.82, 2.24) is 30.0 Å². The van der Waals surface area contributed by atoms with Crippen LogP contribution < -0.4 is 0 Å². The van der Waals surface area contributed by atoms with E-state index in [0.29, 0.717) is 0 Å². The summed E-state index contributed by atoms with van der Waals surface area (Å²) >= 11 is 0. The molecule has 0 saturated carbocycles. The maximum Gasteiger partial charge on any atom is 0.372 e. The SMILES string of the molecule is CCCCCc1nnn(C(=O)n2ccnn2)c1CCCCC. The molecule has 0 radical (unpaired) electrons. The molecule has 7 heteroatoms. The number of unbranched alkanes of at least 4 members (excludes halogenated alkanes) is 4. The summed E-state index contributed by atoms with van der Waals surface area (Å²) < 4.78 is 2.57. The van der Waals surface area contributed by atoms with Gasteiger partial charge in [-0.25, -0.2) is 4.79 Å². The van der Waals surface area contributed by atoms with Gasteiger partial charge in [-0.15, -0.1) is 10.2 Å². The first-order valence-corrected chi connectivity index (χ1v) is 8.12. The van der Waals surface area contributed by atoms with Crippen LogP contribution in [0, 0.1) is 0 Å². The molecule has 0 bridgehead atoms. The van der Waals surface area contributed by atoms with Crippen molar-refractivity contribution in [2.45, 2.75) is 65.2 Å². The Morgan fingerprint density at radius 3 is 2.41 bits per heavy atom. The minimum Gasteiger partial charge on any atom is -0.243 e. The number of hydrogen-bond donors (Lipinski definition) is 0. The van der Waals surface area contributed by atoms with E-state index in [0.717, 1.165) is 62.8 Å². The molecule has 0 unspecified atom stereocenters. The lowest BCUT2D eigenvalue weighted by Crippen LogP contribution is -2.23. The molecule has 0 aliphatic carbocycles. The highest BCUT2D eigenvalue weighted by Crippen LogP contribution is 2.14. The quantitative estimate of drug-likeness (QED) is 0.701. The van der Waals surface area contributed by atoms with Crippen molar-refractivity contribution in [3.8, 4) is 0 Å². The van der Waals surface area contributed by atoms with Gasteiger partial charge in [0.25, 0.3) is 0 Å². The number of aryl methyl sites for hydroxylation is 1. The van der Waals surface area contributed by atoms with E-state index in [2.05, 4.69) is 34.5 Å². The second kappa shape index (κ2) is 8.41. The number of aromatic nitrogens is 6. The van der Waals surface area contributed by atoms with Gasteiger partial charge >= 0.3 is 6.03 Å². The fraction of sp³-hybridized carbons (Fsp3) is 0.667. The van der Waals surface area contributed by atoms with Gasteiger partial charge in [0.05, 0.1) is 23.8 Å². The standard InChI is InChI=1S/C15H24N6O/c1-3-5-7-9-13-14(10-8-6-4-2)21(19-17-13)15(22)20-12-11-16-18-20/h11-12H,3-10H2,1-2H3. The second-order valence-electron chi connectivity index (χ2n) is 5.44.